The van der Waals surface area contributed by atoms with E-state index in [1.807, 2.05) is 6.08 Å². The average Bonchev–Trinajstić information content (AvgIpc) is 3.08. The van der Waals surface area contributed by atoms with Crippen molar-refractivity contribution >= 4 is 5.78 Å². The van der Waals surface area contributed by atoms with Gasteiger partial charge in [-0.25, -0.2) is 0 Å². The van der Waals surface area contributed by atoms with Gasteiger partial charge in [0.1, 0.15) is 5.60 Å². The van der Waals surface area contributed by atoms with Gasteiger partial charge < -0.3 is 5.11 Å². The number of carbonyl (C=O) groups excluding carboxylic acids is 1. The number of aliphatic hydroxyl groups is 1. The molecule has 2 heteroatoms. The van der Waals surface area contributed by atoms with Crippen LogP contribution in [0, 0.1) is 47.3 Å². The van der Waals surface area contributed by atoms with Crippen molar-refractivity contribution in [1.29, 1.82) is 0 Å². The fraction of sp³-hybridized carbons (Fsp3) is 0.667. The lowest BCUT2D eigenvalue weighted by molar-refractivity contribution is -0.116. The van der Waals surface area contributed by atoms with Crippen LogP contribution in [0.4, 0.5) is 0 Å². The van der Waals surface area contributed by atoms with E-state index in [1.165, 1.54) is 12.0 Å². The molecule has 0 amide bonds. The number of ketones is 1. The van der Waals surface area contributed by atoms with Gasteiger partial charge in [-0.2, -0.15) is 0 Å². The molecule has 120 valence electrons. The zero-order valence-electron chi connectivity index (χ0n) is 13.5. The highest BCUT2D eigenvalue weighted by molar-refractivity contribution is 5.91. The summed E-state index contributed by atoms with van der Waals surface area (Å²) in [5, 5.41) is 11.1. The Bertz CT molecular complexity index is 680. The Morgan fingerprint density at radius 1 is 1.26 bits per heavy atom. The highest BCUT2D eigenvalue weighted by Crippen LogP contribution is 2.69. The third-order valence-electron chi connectivity index (χ3n) is 7.96. The second-order valence-electron chi connectivity index (χ2n) is 8.53. The molecule has 0 aliphatic heterocycles. The summed E-state index contributed by atoms with van der Waals surface area (Å²) in [5.74, 6) is 6.08. The molecule has 1 spiro atoms. The van der Waals surface area contributed by atoms with Crippen molar-refractivity contribution in [2.75, 3.05) is 0 Å². The van der Waals surface area contributed by atoms with Crippen LogP contribution in [0.2, 0.25) is 0 Å². The SMILES string of the molecule is C#C[C@]1(O)CCC2C3CCC4=CC(=O)CCC4C3[C@H]3C=C[C@]21C3. The summed E-state index contributed by atoms with van der Waals surface area (Å²) >= 11 is 0. The summed E-state index contributed by atoms with van der Waals surface area (Å²) in [5.41, 5.74) is 0.312. The van der Waals surface area contributed by atoms with E-state index in [9.17, 15) is 9.90 Å². The highest BCUT2D eigenvalue weighted by atomic mass is 16.3. The van der Waals surface area contributed by atoms with Crippen molar-refractivity contribution in [3.63, 3.8) is 0 Å². The third kappa shape index (κ3) is 1.57. The van der Waals surface area contributed by atoms with Crippen LogP contribution >= 0.6 is 0 Å². The molecule has 2 nitrogen and oxygen atoms in total. The van der Waals surface area contributed by atoms with Crippen molar-refractivity contribution in [2.45, 2.75) is 50.5 Å². The van der Waals surface area contributed by atoms with E-state index in [0.29, 0.717) is 35.4 Å². The monoisotopic (exact) mass is 308 g/mol. The number of rotatable bonds is 0. The molecule has 23 heavy (non-hydrogen) atoms. The van der Waals surface area contributed by atoms with Gasteiger partial charge in [-0.3, -0.25) is 4.79 Å². The van der Waals surface area contributed by atoms with E-state index in [1.54, 1.807) is 0 Å². The lowest BCUT2D eigenvalue weighted by Crippen LogP contribution is -2.53. The number of allylic oxidation sites excluding steroid dienone is 2. The molecular formula is C21H24O2. The van der Waals surface area contributed by atoms with Crippen LogP contribution in [0.3, 0.4) is 0 Å². The van der Waals surface area contributed by atoms with Gasteiger partial charge in [0.05, 0.1) is 0 Å². The molecule has 0 aromatic carbocycles. The van der Waals surface area contributed by atoms with E-state index in [-0.39, 0.29) is 5.41 Å². The largest absolute Gasteiger partial charge is 0.377 e. The Labute approximate surface area is 138 Å². The second kappa shape index (κ2) is 4.39. The van der Waals surface area contributed by atoms with Crippen LogP contribution in [0.25, 0.3) is 0 Å². The van der Waals surface area contributed by atoms with E-state index < -0.39 is 5.60 Å². The maximum atomic E-state index is 11.8. The van der Waals surface area contributed by atoms with Crippen molar-refractivity contribution < 1.29 is 9.90 Å². The predicted octanol–water partition coefficient (Wildman–Crippen LogP) is 3.27. The number of hydrogen-bond acceptors (Lipinski definition) is 2. The smallest absolute Gasteiger partial charge is 0.155 e. The average molecular weight is 308 g/mol. The van der Waals surface area contributed by atoms with Crippen molar-refractivity contribution in [1.82, 2.24) is 0 Å². The van der Waals surface area contributed by atoms with E-state index in [4.69, 9.17) is 6.42 Å². The maximum Gasteiger partial charge on any atom is 0.155 e. The Morgan fingerprint density at radius 2 is 2.13 bits per heavy atom. The molecule has 0 aromatic heterocycles. The number of terminal acetylenes is 1. The first-order valence-electron chi connectivity index (χ1n) is 9.21. The van der Waals surface area contributed by atoms with Crippen molar-refractivity contribution in [3.8, 4) is 12.3 Å². The summed E-state index contributed by atoms with van der Waals surface area (Å²) in [6.45, 7) is 0. The molecule has 5 aliphatic rings. The van der Waals surface area contributed by atoms with Crippen LogP contribution in [0.15, 0.2) is 23.8 Å². The van der Waals surface area contributed by atoms with Gasteiger partial charge in [-0.15, -0.1) is 6.42 Å². The number of hydrogen-bond donors (Lipinski definition) is 1. The molecule has 4 unspecified atom stereocenters. The summed E-state index contributed by atoms with van der Waals surface area (Å²) in [7, 11) is 0. The summed E-state index contributed by atoms with van der Waals surface area (Å²) < 4.78 is 0. The van der Waals surface area contributed by atoms with Gasteiger partial charge in [0.15, 0.2) is 5.78 Å². The van der Waals surface area contributed by atoms with Gasteiger partial charge in [0.2, 0.25) is 0 Å². The number of fused-ring (bicyclic) bond motifs is 6. The van der Waals surface area contributed by atoms with E-state index >= 15 is 0 Å². The van der Waals surface area contributed by atoms with Gasteiger partial charge in [-0.05, 0) is 74.2 Å². The van der Waals surface area contributed by atoms with Gasteiger partial charge >= 0.3 is 0 Å². The van der Waals surface area contributed by atoms with Gasteiger partial charge in [0, 0.05) is 11.8 Å². The quantitative estimate of drug-likeness (QED) is 0.551. The van der Waals surface area contributed by atoms with Crippen molar-refractivity contribution in [3.05, 3.63) is 23.8 Å². The Kier molecular flexibility index (Phi) is 2.68. The maximum absolute atomic E-state index is 11.8. The lowest BCUT2D eigenvalue weighted by Gasteiger charge is -2.55. The molecule has 7 atom stereocenters. The van der Waals surface area contributed by atoms with Crippen molar-refractivity contribution in [2.24, 2.45) is 35.0 Å². The van der Waals surface area contributed by atoms with Crippen LogP contribution in [0.5, 0.6) is 0 Å². The minimum Gasteiger partial charge on any atom is -0.377 e. The first-order chi connectivity index (χ1) is 11.1. The minimum atomic E-state index is -0.938. The van der Waals surface area contributed by atoms with Gasteiger partial charge in [-0.1, -0.05) is 23.6 Å². The highest BCUT2D eigenvalue weighted by Gasteiger charge is 2.67. The van der Waals surface area contributed by atoms with Crippen LogP contribution < -0.4 is 0 Å². The zero-order chi connectivity index (χ0) is 15.8. The van der Waals surface area contributed by atoms with Crippen LogP contribution in [-0.2, 0) is 4.79 Å². The fourth-order valence-corrected chi connectivity index (χ4v) is 7.11. The summed E-state index contributed by atoms with van der Waals surface area (Å²) in [6.07, 6.45) is 19.2. The molecular weight excluding hydrogens is 284 g/mol. The summed E-state index contributed by atoms with van der Waals surface area (Å²) in [6, 6.07) is 0. The van der Waals surface area contributed by atoms with E-state index in [2.05, 4.69) is 18.1 Å². The standard InChI is InChI=1S/C21H24O2/c1-2-21(23)10-8-18-17-5-3-13-11-15(22)4-6-16(13)19(17)14-7-9-20(18,21)12-14/h1,7,9,11,14,16-19,23H,3-6,8,10,12H2/t14-,16?,17?,18?,19?,20-,21-/m0/s1. The Morgan fingerprint density at radius 3 is 2.96 bits per heavy atom. The normalized spacial score (nSPS) is 53.1. The predicted molar refractivity (Wildman–Crippen MR) is 88.2 cm³/mol. The molecule has 0 radical (unpaired) electrons. The third-order valence-corrected chi connectivity index (χ3v) is 7.96. The van der Waals surface area contributed by atoms with Crippen LogP contribution in [-0.4, -0.2) is 16.5 Å². The molecule has 1 N–H and O–H groups in total. The Hall–Kier alpha value is -1.33. The molecule has 2 bridgehead atoms. The molecule has 5 rings (SSSR count). The minimum absolute atomic E-state index is 0.167. The fourth-order valence-electron chi connectivity index (χ4n) is 7.11. The van der Waals surface area contributed by atoms with Crippen LogP contribution in [0.1, 0.15) is 44.9 Å². The van der Waals surface area contributed by atoms with Gasteiger partial charge in [0.25, 0.3) is 0 Å². The number of carbonyl (C=O) groups is 1. The molecule has 0 heterocycles. The van der Waals surface area contributed by atoms with E-state index in [0.717, 1.165) is 38.5 Å². The molecule has 0 aromatic rings. The topological polar surface area (TPSA) is 37.3 Å². The summed E-state index contributed by atoms with van der Waals surface area (Å²) in [4.78, 5) is 11.8. The Balaban J connectivity index is 1.57. The molecule has 3 saturated carbocycles. The lowest BCUT2D eigenvalue weighted by atomic mass is 9.49. The zero-order valence-corrected chi connectivity index (χ0v) is 13.5. The second-order valence-corrected chi connectivity index (χ2v) is 8.53. The first kappa shape index (κ1) is 14.1. The molecule has 0 saturated heterocycles. The molecule has 3 fully saturated rings. The first-order valence-corrected chi connectivity index (χ1v) is 9.21. The molecule has 5 aliphatic carbocycles.